The number of carbonyl (C=O) groups is 1. The van der Waals surface area contributed by atoms with Crippen LogP contribution in [-0.4, -0.2) is 40.2 Å². The van der Waals surface area contributed by atoms with Crippen LogP contribution in [0.2, 0.25) is 0 Å². The molecule has 0 unspecified atom stereocenters. The number of pyridine rings is 1. The second-order valence-corrected chi connectivity index (χ2v) is 6.00. The summed E-state index contributed by atoms with van der Waals surface area (Å²) in [6, 6.07) is 6.06. The molecule has 3 rings (SSSR count). The normalized spacial score (nSPS) is 17.7. The van der Waals surface area contributed by atoms with E-state index in [1.54, 1.807) is 6.20 Å². The third-order valence-electron chi connectivity index (χ3n) is 4.15. The molecular formula is C17H23N5O2. The minimum absolute atomic E-state index is 0.0270. The Morgan fingerprint density at radius 1 is 1.46 bits per heavy atom. The highest BCUT2D eigenvalue weighted by molar-refractivity contribution is 5.76. The van der Waals surface area contributed by atoms with Crippen molar-refractivity contribution < 1.29 is 9.32 Å². The van der Waals surface area contributed by atoms with Crippen LogP contribution in [0.4, 0.5) is 5.82 Å². The lowest BCUT2D eigenvalue weighted by atomic mass is 10.1. The number of carbonyl (C=O) groups excluding carboxylic acids is 1. The Kier molecular flexibility index (Phi) is 5.40. The molecule has 1 aliphatic rings. The van der Waals surface area contributed by atoms with Crippen molar-refractivity contribution in [2.24, 2.45) is 0 Å². The van der Waals surface area contributed by atoms with Crippen molar-refractivity contribution in [3.63, 3.8) is 0 Å². The molecule has 0 spiro atoms. The Morgan fingerprint density at radius 2 is 2.38 bits per heavy atom. The molecular weight excluding hydrogens is 306 g/mol. The van der Waals surface area contributed by atoms with E-state index in [4.69, 9.17) is 4.52 Å². The van der Waals surface area contributed by atoms with Gasteiger partial charge >= 0.3 is 0 Å². The standard InChI is InChI=1S/C17H23N5O2/c1-2-14-20-17(24-21-14)9-8-16(23)19-13-6-5-11-22(12-13)15-7-3-4-10-18-15/h3-4,7,10,13H,2,5-6,8-9,11-12H2,1H3,(H,19,23)/t13-/m1/s1. The summed E-state index contributed by atoms with van der Waals surface area (Å²) >= 11 is 0. The molecule has 1 N–H and O–H groups in total. The first kappa shape index (κ1) is 16.4. The summed E-state index contributed by atoms with van der Waals surface area (Å²) < 4.78 is 5.11. The molecule has 24 heavy (non-hydrogen) atoms. The Labute approximate surface area is 141 Å². The number of rotatable bonds is 6. The number of aryl methyl sites for hydroxylation is 2. The first-order valence-electron chi connectivity index (χ1n) is 8.51. The van der Waals surface area contributed by atoms with Gasteiger partial charge in [0, 0.05) is 44.6 Å². The Balaban J connectivity index is 1.47. The zero-order valence-corrected chi connectivity index (χ0v) is 13.9. The monoisotopic (exact) mass is 329 g/mol. The number of nitrogens with one attached hydrogen (secondary N) is 1. The predicted octanol–water partition coefficient (Wildman–Crippen LogP) is 1.74. The van der Waals surface area contributed by atoms with Gasteiger partial charge in [-0.2, -0.15) is 4.98 Å². The van der Waals surface area contributed by atoms with E-state index in [0.29, 0.717) is 24.6 Å². The van der Waals surface area contributed by atoms with Crippen molar-refractivity contribution >= 4 is 11.7 Å². The smallest absolute Gasteiger partial charge is 0.227 e. The van der Waals surface area contributed by atoms with Crippen LogP contribution >= 0.6 is 0 Å². The van der Waals surface area contributed by atoms with Gasteiger partial charge in [-0.3, -0.25) is 4.79 Å². The molecule has 2 aromatic heterocycles. The van der Waals surface area contributed by atoms with Crippen LogP contribution in [0.3, 0.4) is 0 Å². The van der Waals surface area contributed by atoms with Gasteiger partial charge in [0.25, 0.3) is 0 Å². The van der Waals surface area contributed by atoms with Gasteiger partial charge in [0.2, 0.25) is 11.8 Å². The molecule has 1 amide bonds. The van der Waals surface area contributed by atoms with E-state index in [1.165, 1.54) is 0 Å². The van der Waals surface area contributed by atoms with Crippen LogP contribution in [-0.2, 0) is 17.6 Å². The van der Waals surface area contributed by atoms with Crippen molar-refractivity contribution in [3.05, 3.63) is 36.1 Å². The van der Waals surface area contributed by atoms with Gasteiger partial charge in [-0.15, -0.1) is 0 Å². The summed E-state index contributed by atoms with van der Waals surface area (Å²) in [5.41, 5.74) is 0. The van der Waals surface area contributed by atoms with Crippen LogP contribution in [0.15, 0.2) is 28.9 Å². The van der Waals surface area contributed by atoms with Crippen LogP contribution in [0.25, 0.3) is 0 Å². The highest BCUT2D eigenvalue weighted by Gasteiger charge is 2.22. The molecule has 7 nitrogen and oxygen atoms in total. The maximum absolute atomic E-state index is 12.2. The fourth-order valence-electron chi connectivity index (χ4n) is 2.90. The first-order chi connectivity index (χ1) is 11.7. The average Bonchev–Trinajstić information content (AvgIpc) is 3.09. The maximum atomic E-state index is 12.2. The summed E-state index contributed by atoms with van der Waals surface area (Å²) in [6.45, 7) is 3.74. The Morgan fingerprint density at radius 3 is 3.12 bits per heavy atom. The van der Waals surface area contributed by atoms with Gasteiger partial charge in [-0.25, -0.2) is 4.98 Å². The zero-order chi connectivity index (χ0) is 16.8. The quantitative estimate of drug-likeness (QED) is 0.869. The summed E-state index contributed by atoms with van der Waals surface area (Å²) in [5.74, 6) is 2.21. The van der Waals surface area contributed by atoms with E-state index in [-0.39, 0.29) is 11.9 Å². The highest BCUT2D eigenvalue weighted by atomic mass is 16.5. The highest BCUT2D eigenvalue weighted by Crippen LogP contribution is 2.17. The minimum atomic E-state index is 0.0270. The number of piperidine rings is 1. The SMILES string of the molecule is CCc1noc(CCC(=O)N[C@@H]2CCCN(c3ccccn3)C2)n1. The van der Waals surface area contributed by atoms with Gasteiger partial charge in [-0.05, 0) is 25.0 Å². The molecule has 0 aromatic carbocycles. The molecule has 1 aliphatic heterocycles. The van der Waals surface area contributed by atoms with Crippen molar-refractivity contribution in [1.29, 1.82) is 0 Å². The van der Waals surface area contributed by atoms with Crippen LogP contribution in [0.1, 0.15) is 37.9 Å². The largest absolute Gasteiger partial charge is 0.355 e. The Hall–Kier alpha value is -2.44. The van der Waals surface area contributed by atoms with Crippen molar-refractivity contribution in [2.75, 3.05) is 18.0 Å². The molecule has 0 aliphatic carbocycles. The number of hydrogen-bond donors (Lipinski definition) is 1. The molecule has 3 heterocycles. The third kappa shape index (κ3) is 4.31. The van der Waals surface area contributed by atoms with E-state index in [9.17, 15) is 4.79 Å². The average molecular weight is 329 g/mol. The maximum Gasteiger partial charge on any atom is 0.227 e. The van der Waals surface area contributed by atoms with Gasteiger partial charge in [0.15, 0.2) is 5.82 Å². The molecule has 1 atom stereocenters. The molecule has 0 radical (unpaired) electrons. The number of hydrogen-bond acceptors (Lipinski definition) is 6. The van der Waals surface area contributed by atoms with Gasteiger partial charge < -0.3 is 14.7 Å². The lowest BCUT2D eigenvalue weighted by molar-refractivity contribution is -0.121. The van der Waals surface area contributed by atoms with Crippen molar-refractivity contribution in [1.82, 2.24) is 20.4 Å². The fourth-order valence-corrected chi connectivity index (χ4v) is 2.90. The second-order valence-electron chi connectivity index (χ2n) is 6.00. The van der Waals surface area contributed by atoms with E-state index >= 15 is 0 Å². The molecule has 7 heteroatoms. The summed E-state index contributed by atoms with van der Waals surface area (Å²) in [6.07, 6.45) is 5.43. The molecule has 2 aromatic rings. The van der Waals surface area contributed by atoms with E-state index in [1.807, 2.05) is 25.1 Å². The number of anilines is 1. The lowest BCUT2D eigenvalue weighted by Crippen LogP contribution is -2.48. The topological polar surface area (TPSA) is 84.2 Å². The number of nitrogens with zero attached hydrogens (tertiary/aromatic N) is 4. The molecule has 0 saturated carbocycles. The van der Waals surface area contributed by atoms with E-state index in [0.717, 1.165) is 38.2 Å². The third-order valence-corrected chi connectivity index (χ3v) is 4.15. The molecule has 0 bridgehead atoms. The molecule has 1 fully saturated rings. The molecule has 128 valence electrons. The Bertz CT molecular complexity index is 658. The van der Waals surface area contributed by atoms with Gasteiger partial charge in [-0.1, -0.05) is 18.1 Å². The van der Waals surface area contributed by atoms with E-state index < -0.39 is 0 Å². The van der Waals surface area contributed by atoms with E-state index in [2.05, 4.69) is 25.3 Å². The van der Waals surface area contributed by atoms with Crippen LogP contribution < -0.4 is 10.2 Å². The van der Waals surface area contributed by atoms with Gasteiger partial charge in [0.1, 0.15) is 5.82 Å². The lowest BCUT2D eigenvalue weighted by Gasteiger charge is -2.33. The second kappa shape index (κ2) is 7.90. The summed E-state index contributed by atoms with van der Waals surface area (Å²) in [4.78, 5) is 23.0. The first-order valence-corrected chi connectivity index (χ1v) is 8.51. The van der Waals surface area contributed by atoms with Crippen molar-refractivity contribution in [3.8, 4) is 0 Å². The minimum Gasteiger partial charge on any atom is -0.355 e. The van der Waals surface area contributed by atoms with Gasteiger partial charge in [0.05, 0.1) is 0 Å². The summed E-state index contributed by atoms with van der Waals surface area (Å²) in [5, 5.41) is 6.95. The van der Waals surface area contributed by atoms with Crippen LogP contribution in [0.5, 0.6) is 0 Å². The number of aromatic nitrogens is 3. The fraction of sp³-hybridized carbons (Fsp3) is 0.529. The van der Waals surface area contributed by atoms with Crippen molar-refractivity contribution in [2.45, 2.75) is 45.1 Å². The summed E-state index contributed by atoms with van der Waals surface area (Å²) in [7, 11) is 0. The van der Waals surface area contributed by atoms with Crippen LogP contribution in [0, 0.1) is 0 Å². The number of amides is 1. The predicted molar refractivity (Wildman–Crippen MR) is 89.6 cm³/mol. The zero-order valence-electron chi connectivity index (χ0n) is 13.9. The molecule has 1 saturated heterocycles.